The standard InChI is InChI=1S/C9H16FNOS/c1-13-12-7-9-3-2-4-11(9)6-8(10)5-9/h8H,2-7H2,1H3. The molecule has 2 nitrogen and oxygen atoms in total. The smallest absolute Gasteiger partial charge is 0.115 e. The van der Waals surface area contributed by atoms with E-state index in [1.165, 1.54) is 18.5 Å². The summed E-state index contributed by atoms with van der Waals surface area (Å²) in [5.41, 5.74) is 0.0441. The maximum Gasteiger partial charge on any atom is 0.115 e. The monoisotopic (exact) mass is 205 g/mol. The molecule has 76 valence electrons. The minimum atomic E-state index is -0.634. The van der Waals surface area contributed by atoms with Crippen molar-refractivity contribution < 1.29 is 8.57 Å². The molecule has 13 heavy (non-hydrogen) atoms. The highest BCUT2D eigenvalue weighted by Gasteiger charge is 2.48. The number of alkyl halides is 1. The predicted octanol–water partition coefficient (Wildman–Crippen LogP) is 1.86. The fourth-order valence-electron chi connectivity index (χ4n) is 2.62. The number of hydrogen-bond acceptors (Lipinski definition) is 3. The number of rotatable bonds is 3. The van der Waals surface area contributed by atoms with Crippen LogP contribution in [0.25, 0.3) is 0 Å². The molecule has 2 unspecified atom stereocenters. The zero-order chi connectivity index (χ0) is 9.31. The van der Waals surface area contributed by atoms with Crippen LogP contribution in [0.3, 0.4) is 0 Å². The van der Waals surface area contributed by atoms with E-state index in [4.69, 9.17) is 4.18 Å². The Hall–Kier alpha value is 0.200. The van der Waals surface area contributed by atoms with Crippen LogP contribution in [-0.2, 0) is 4.18 Å². The van der Waals surface area contributed by atoms with Crippen molar-refractivity contribution in [2.75, 3.05) is 26.0 Å². The van der Waals surface area contributed by atoms with Crippen molar-refractivity contribution in [2.24, 2.45) is 0 Å². The van der Waals surface area contributed by atoms with Gasteiger partial charge in [0.2, 0.25) is 0 Å². The molecule has 0 bridgehead atoms. The van der Waals surface area contributed by atoms with Crippen LogP contribution in [0.2, 0.25) is 0 Å². The second kappa shape index (κ2) is 3.75. The maximum absolute atomic E-state index is 13.2. The van der Waals surface area contributed by atoms with Gasteiger partial charge >= 0.3 is 0 Å². The molecule has 0 saturated carbocycles. The molecule has 0 aromatic heterocycles. The van der Waals surface area contributed by atoms with E-state index < -0.39 is 6.17 Å². The zero-order valence-corrected chi connectivity index (χ0v) is 8.78. The summed E-state index contributed by atoms with van der Waals surface area (Å²) in [4.78, 5) is 2.27. The topological polar surface area (TPSA) is 12.5 Å². The van der Waals surface area contributed by atoms with E-state index >= 15 is 0 Å². The van der Waals surface area contributed by atoms with Crippen molar-refractivity contribution in [3.63, 3.8) is 0 Å². The average Bonchev–Trinajstić information content (AvgIpc) is 2.57. The Morgan fingerprint density at radius 2 is 2.54 bits per heavy atom. The molecule has 2 heterocycles. The molecule has 2 rings (SSSR count). The Morgan fingerprint density at radius 1 is 1.69 bits per heavy atom. The van der Waals surface area contributed by atoms with E-state index in [1.54, 1.807) is 0 Å². The largest absolute Gasteiger partial charge is 0.314 e. The van der Waals surface area contributed by atoms with Gasteiger partial charge in [-0.3, -0.25) is 4.90 Å². The molecule has 2 atom stereocenters. The summed E-state index contributed by atoms with van der Waals surface area (Å²) < 4.78 is 18.6. The fourth-order valence-corrected chi connectivity index (χ4v) is 2.95. The third kappa shape index (κ3) is 1.72. The Labute approximate surface area is 83.0 Å². The van der Waals surface area contributed by atoms with Gasteiger partial charge in [-0.15, -0.1) is 0 Å². The lowest BCUT2D eigenvalue weighted by Crippen LogP contribution is -2.41. The van der Waals surface area contributed by atoms with Crippen molar-refractivity contribution in [2.45, 2.75) is 31.0 Å². The molecule has 0 amide bonds. The molecule has 2 saturated heterocycles. The van der Waals surface area contributed by atoms with Crippen molar-refractivity contribution in [1.29, 1.82) is 0 Å². The minimum Gasteiger partial charge on any atom is -0.314 e. The molecule has 2 aliphatic rings. The lowest BCUT2D eigenvalue weighted by Gasteiger charge is -2.30. The van der Waals surface area contributed by atoms with Gasteiger partial charge in [0, 0.05) is 24.8 Å². The maximum atomic E-state index is 13.2. The van der Waals surface area contributed by atoms with Crippen LogP contribution in [-0.4, -0.2) is 42.6 Å². The van der Waals surface area contributed by atoms with E-state index in [1.807, 2.05) is 6.26 Å². The lowest BCUT2D eigenvalue weighted by molar-refractivity contribution is 0.127. The quantitative estimate of drug-likeness (QED) is 0.653. The van der Waals surface area contributed by atoms with Crippen LogP contribution in [0.1, 0.15) is 19.3 Å². The number of halogens is 1. The number of hydrogen-bond donors (Lipinski definition) is 0. The fraction of sp³-hybridized carbons (Fsp3) is 1.00. The van der Waals surface area contributed by atoms with Gasteiger partial charge in [-0.25, -0.2) is 4.39 Å². The van der Waals surface area contributed by atoms with Crippen LogP contribution >= 0.6 is 12.0 Å². The Balaban J connectivity index is 2.00. The summed E-state index contributed by atoms with van der Waals surface area (Å²) in [6.07, 6.45) is 4.26. The third-order valence-electron chi connectivity index (χ3n) is 3.21. The first-order chi connectivity index (χ1) is 6.27. The van der Waals surface area contributed by atoms with Gasteiger partial charge in [0.25, 0.3) is 0 Å². The molecule has 0 radical (unpaired) electrons. The van der Waals surface area contributed by atoms with E-state index in [-0.39, 0.29) is 5.54 Å². The van der Waals surface area contributed by atoms with Gasteiger partial charge in [-0.1, -0.05) is 0 Å². The molecule has 0 spiro atoms. The molecule has 2 fully saturated rings. The summed E-state index contributed by atoms with van der Waals surface area (Å²) in [6.45, 7) is 2.37. The van der Waals surface area contributed by atoms with Crippen molar-refractivity contribution in [3.8, 4) is 0 Å². The molecule has 4 heteroatoms. The van der Waals surface area contributed by atoms with Crippen LogP contribution in [0, 0.1) is 0 Å². The van der Waals surface area contributed by atoms with Gasteiger partial charge in [0.05, 0.1) is 6.61 Å². The average molecular weight is 205 g/mol. The second-order valence-corrected chi connectivity index (χ2v) is 4.57. The number of nitrogens with zero attached hydrogens (tertiary/aromatic N) is 1. The Bertz CT molecular complexity index is 192. The molecular weight excluding hydrogens is 189 g/mol. The summed E-state index contributed by atoms with van der Waals surface area (Å²) in [5, 5.41) is 0. The first-order valence-electron chi connectivity index (χ1n) is 4.82. The van der Waals surface area contributed by atoms with Gasteiger partial charge in [0.1, 0.15) is 6.17 Å². The molecule has 0 aromatic rings. The van der Waals surface area contributed by atoms with E-state index in [0.717, 1.165) is 13.0 Å². The van der Waals surface area contributed by atoms with Gasteiger partial charge < -0.3 is 4.18 Å². The highest BCUT2D eigenvalue weighted by molar-refractivity contribution is 7.93. The third-order valence-corrected chi connectivity index (χ3v) is 3.56. The number of fused-ring (bicyclic) bond motifs is 1. The van der Waals surface area contributed by atoms with Crippen LogP contribution < -0.4 is 0 Å². The van der Waals surface area contributed by atoms with Crippen molar-refractivity contribution in [1.82, 2.24) is 4.90 Å². The summed E-state index contributed by atoms with van der Waals surface area (Å²) in [7, 11) is 0. The highest BCUT2D eigenvalue weighted by Crippen LogP contribution is 2.40. The van der Waals surface area contributed by atoms with Crippen LogP contribution in [0.5, 0.6) is 0 Å². The SMILES string of the molecule is CSOCC12CCCN1CC(F)C2. The summed E-state index contributed by atoms with van der Waals surface area (Å²) >= 11 is 1.38. The summed E-state index contributed by atoms with van der Waals surface area (Å²) in [5.74, 6) is 0. The zero-order valence-electron chi connectivity index (χ0n) is 7.96. The molecule has 2 aliphatic heterocycles. The van der Waals surface area contributed by atoms with E-state index in [2.05, 4.69) is 4.90 Å². The van der Waals surface area contributed by atoms with E-state index in [0.29, 0.717) is 19.6 Å². The van der Waals surface area contributed by atoms with Crippen molar-refractivity contribution in [3.05, 3.63) is 0 Å². The van der Waals surface area contributed by atoms with Crippen molar-refractivity contribution >= 4 is 12.0 Å². The van der Waals surface area contributed by atoms with E-state index in [9.17, 15) is 4.39 Å². The molecule has 0 aromatic carbocycles. The van der Waals surface area contributed by atoms with Gasteiger partial charge in [0.15, 0.2) is 0 Å². The second-order valence-electron chi connectivity index (χ2n) is 4.00. The van der Waals surface area contributed by atoms with Gasteiger partial charge in [-0.05, 0) is 31.4 Å². The first-order valence-corrected chi connectivity index (χ1v) is 5.96. The Morgan fingerprint density at radius 3 is 3.31 bits per heavy atom. The van der Waals surface area contributed by atoms with Crippen LogP contribution in [0.4, 0.5) is 4.39 Å². The summed E-state index contributed by atoms with van der Waals surface area (Å²) in [6, 6.07) is 0. The predicted molar refractivity (Wildman–Crippen MR) is 52.5 cm³/mol. The lowest BCUT2D eigenvalue weighted by atomic mass is 9.95. The normalized spacial score (nSPS) is 39.7. The molecule has 0 aliphatic carbocycles. The highest BCUT2D eigenvalue weighted by atomic mass is 32.2. The molecular formula is C9H16FNOS. The van der Waals surface area contributed by atoms with Gasteiger partial charge in [-0.2, -0.15) is 0 Å². The minimum absolute atomic E-state index is 0.0441. The first kappa shape index (κ1) is 9.74. The Kier molecular flexibility index (Phi) is 2.81. The van der Waals surface area contributed by atoms with Crippen LogP contribution in [0.15, 0.2) is 0 Å². The molecule has 0 N–H and O–H groups in total.